The van der Waals surface area contributed by atoms with Crippen LogP contribution in [0.3, 0.4) is 0 Å². The van der Waals surface area contributed by atoms with Crippen LogP contribution in [-0.2, 0) is 0 Å². The second kappa shape index (κ2) is 10.0. The van der Waals surface area contributed by atoms with Gasteiger partial charge in [0.1, 0.15) is 0 Å². The van der Waals surface area contributed by atoms with E-state index >= 15 is 0 Å². The molecule has 30 heavy (non-hydrogen) atoms. The molecule has 0 atom stereocenters. The molecule has 0 aliphatic rings. The second-order valence-corrected chi connectivity index (χ2v) is 7.15. The molecule has 0 radical (unpaired) electrons. The molecule has 0 unspecified atom stereocenters. The summed E-state index contributed by atoms with van der Waals surface area (Å²) in [7, 11) is 0. The molecule has 0 aliphatic heterocycles. The average molecular weight is 385 g/mol. The largest absolute Gasteiger partial charge is 0.0622 e. The van der Waals surface area contributed by atoms with E-state index in [2.05, 4.69) is 134 Å². The first-order valence-corrected chi connectivity index (χ1v) is 10.2. The van der Waals surface area contributed by atoms with Gasteiger partial charge in [-0.05, 0) is 33.4 Å². The Morgan fingerprint density at radius 3 is 0.667 bits per heavy atom. The van der Waals surface area contributed by atoms with E-state index in [4.69, 9.17) is 0 Å². The molecule has 4 aromatic rings. The van der Waals surface area contributed by atoms with Crippen LogP contribution in [-0.4, -0.2) is 0 Å². The molecule has 0 saturated heterocycles. The van der Waals surface area contributed by atoms with Crippen LogP contribution in [0.25, 0.3) is 36.5 Å². The van der Waals surface area contributed by atoms with Crippen LogP contribution in [0.5, 0.6) is 0 Å². The molecule has 0 heteroatoms. The van der Waals surface area contributed by atoms with Gasteiger partial charge in [0.2, 0.25) is 0 Å². The Morgan fingerprint density at radius 1 is 0.233 bits per heavy atom. The molecule has 4 aromatic carbocycles. The SMILES string of the molecule is C(=C/c1ccc(/C=C/c2ccccc2)cc1)/c1ccc(/C=C/c2ccccc2)cc1. The van der Waals surface area contributed by atoms with Crippen molar-refractivity contribution >= 4 is 36.5 Å². The van der Waals surface area contributed by atoms with Crippen molar-refractivity contribution in [2.75, 3.05) is 0 Å². The van der Waals surface area contributed by atoms with E-state index in [0.717, 1.165) is 0 Å². The normalized spacial score (nSPS) is 11.6. The molecule has 0 heterocycles. The summed E-state index contributed by atoms with van der Waals surface area (Å²) >= 11 is 0. The van der Waals surface area contributed by atoms with Crippen molar-refractivity contribution < 1.29 is 0 Å². The van der Waals surface area contributed by atoms with Crippen LogP contribution in [0.15, 0.2) is 109 Å². The fourth-order valence-corrected chi connectivity index (χ4v) is 3.14. The molecule has 0 spiro atoms. The second-order valence-electron chi connectivity index (χ2n) is 7.15. The van der Waals surface area contributed by atoms with Gasteiger partial charge in [-0.1, -0.05) is 146 Å². The minimum Gasteiger partial charge on any atom is -0.0622 e. The van der Waals surface area contributed by atoms with Crippen LogP contribution in [0, 0.1) is 0 Å². The number of benzene rings is 4. The van der Waals surface area contributed by atoms with E-state index in [9.17, 15) is 0 Å². The quantitative estimate of drug-likeness (QED) is 0.294. The predicted molar refractivity (Wildman–Crippen MR) is 133 cm³/mol. The first-order valence-electron chi connectivity index (χ1n) is 10.2. The zero-order valence-corrected chi connectivity index (χ0v) is 16.9. The van der Waals surface area contributed by atoms with Crippen molar-refractivity contribution in [2.45, 2.75) is 0 Å². The van der Waals surface area contributed by atoms with E-state index in [0.29, 0.717) is 0 Å². The molecule has 0 saturated carbocycles. The third kappa shape index (κ3) is 5.80. The third-order valence-corrected chi connectivity index (χ3v) is 4.88. The van der Waals surface area contributed by atoms with Crippen LogP contribution in [0.2, 0.25) is 0 Å². The molecular formula is C30H24. The van der Waals surface area contributed by atoms with Gasteiger partial charge in [0, 0.05) is 0 Å². The van der Waals surface area contributed by atoms with Gasteiger partial charge in [0.25, 0.3) is 0 Å². The van der Waals surface area contributed by atoms with Crippen LogP contribution in [0.1, 0.15) is 33.4 Å². The maximum absolute atomic E-state index is 2.15. The summed E-state index contributed by atoms with van der Waals surface area (Å²) in [5.74, 6) is 0. The lowest BCUT2D eigenvalue weighted by molar-refractivity contribution is 1.60. The van der Waals surface area contributed by atoms with Gasteiger partial charge in [0.15, 0.2) is 0 Å². The summed E-state index contributed by atoms with van der Waals surface area (Å²) in [4.78, 5) is 0. The van der Waals surface area contributed by atoms with Crippen molar-refractivity contribution in [1.29, 1.82) is 0 Å². The summed E-state index contributed by atoms with van der Waals surface area (Å²) < 4.78 is 0. The van der Waals surface area contributed by atoms with Gasteiger partial charge < -0.3 is 0 Å². The topological polar surface area (TPSA) is 0 Å². The average Bonchev–Trinajstić information content (AvgIpc) is 2.83. The van der Waals surface area contributed by atoms with Gasteiger partial charge in [-0.2, -0.15) is 0 Å². The Hall–Kier alpha value is -3.90. The highest BCUT2D eigenvalue weighted by Crippen LogP contribution is 2.14. The third-order valence-electron chi connectivity index (χ3n) is 4.88. The zero-order chi connectivity index (χ0) is 20.4. The highest BCUT2D eigenvalue weighted by molar-refractivity contribution is 5.74. The maximum Gasteiger partial charge on any atom is -0.0256 e. The van der Waals surface area contributed by atoms with E-state index in [1.807, 2.05) is 12.1 Å². The van der Waals surface area contributed by atoms with E-state index < -0.39 is 0 Å². The van der Waals surface area contributed by atoms with Gasteiger partial charge in [0.05, 0.1) is 0 Å². The highest BCUT2D eigenvalue weighted by Gasteiger charge is 1.92. The van der Waals surface area contributed by atoms with Gasteiger partial charge in [-0.3, -0.25) is 0 Å². The Bertz CT molecular complexity index is 1030. The van der Waals surface area contributed by atoms with Crippen molar-refractivity contribution in [3.63, 3.8) is 0 Å². The van der Waals surface area contributed by atoms with Crippen molar-refractivity contribution in [3.05, 3.63) is 143 Å². The highest BCUT2D eigenvalue weighted by atomic mass is 14.0. The molecule has 144 valence electrons. The molecule has 0 aromatic heterocycles. The van der Waals surface area contributed by atoms with Gasteiger partial charge in [-0.15, -0.1) is 0 Å². The zero-order valence-electron chi connectivity index (χ0n) is 16.9. The Morgan fingerprint density at radius 2 is 0.433 bits per heavy atom. The summed E-state index contributed by atoms with van der Waals surface area (Å²) in [6.45, 7) is 0. The summed E-state index contributed by atoms with van der Waals surface area (Å²) in [5.41, 5.74) is 7.21. The summed E-state index contributed by atoms with van der Waals surface area (Å²) in [5, 5.41) is 0. The number of hydrogen-bond acceptors (Lipinski definition) is 0. The smallest absolute Gasteiger partial charge is 0.0256 e. The molecular weight excluding hydrogens is 360 g/mol. The standard InChI is InChI=1S/C30H24/c1-3-7-25(8-4-1)11-13-27-15-19-29(20-16-27)23-24-30-21-17-28(18-22-30)14-12-26-9-5-2-6-10-26/h1-24H/b13-11+,14-12+,24-23-. The van der Waals surface area contributed by atoms with Crippen molar-refractivity contribution in [3.8, 4) is 0 Å². The molecule has 0 amide bonds. The number of hydrogen-bond donors (Lipinski definition) is 0. The van der Waals surface area contributed by atoms with E-state index in [1.54, 1.807) is 0 Å². The minimum absolute atomic E-state index is 1.19. The molecule has 0 aliphatic carbocycles. The summed E-state index contributed by atoms with van der Waals surface area (Å²) in [6, 6.07) is 37.9. The Labute approximate surface area is 179 Å². The van der Waals surface area contributed by atoms with Crippen molar-refractivity contribution in [1.82, 2.24) is 0 Å². The molecule has 0 bridgehead atoms. The van der Waals surface area contributed by atoms with Gasteiger partial charge in [-0.25, -0.2) is 0 Å². The number of rotatable bonds is 6. The lowest BCUT2D eigenvalue weighted by Gasteiger charge is -1.99. The fourth-order valence-electron chi connectivity index (χ4n) is 3.14. The molecule has 4 rings (SSSR count). The Balaban J connectivity index is 1.36. The minimum atomic E-state index is 1.19. The Kier molecular flexibility index (Phi) is 6.50. The van der Waals surface area contributed by atoms with E-state index in [1.165, 1.54) is 33.4 Å². The monoisotopic (exact) mass is 384 g/mol. The first-order chi connectivity index (χ1) is 14.8. The van der Waals surface area contributed by atoms with Crippen LogP contribution < -0.4 is 0 Å². The first kappa shape index (κ1) is 19.4. The lowest BCUT2D eigenvalue weighted by Crippen LogP contribution is -1.77. The predicted octanol–water partition coefficient (Wildman–Crippen LogP) is 8.20. The van der Waals surface area contributed by atoms with Gasteiger partial charge >= 0.3 is 0 Å². The summed E-state index contributed by atoms with van der Waals surface area (Å²) in [6.07, 6.45) is 12.9. The fraction of sp³-hybridized carbons (Fsp3) is 0. The maximum atomic E-state index is 2.15. The molecule has 0 N–H and O–H groups in total. The van der Waals surface area contributed by atoms with Crippen LogP contribution in [0.4, 0.5) is 0 Å². The van der Waals surface area contributed by atoms with Crippen LogP contribution >= 0.6 is 0 Å². The molecule has 0 fully saturated rings. The van der Waals surface area contributed by atoms with E-state index in [-0.39, 0.29) is 0 Å². The molecule has 0 nitrogen and oxygen atoms in total. The lowest BCUT2D eigenvalue weighted by atomic mass is 10.1. The van der Waals surface area contributed by atoms with Crippen molar-refractivity contribution in [2.24, 2.45) is 0 Å².